The van der Waals surface area contributed by atoms with Gasteiger partial charge in [0, 0.05) is 19.7 Å². The summed E-state index contributed by atoms with van der Waals surface area (Å²) in [5.41, 5.74) is 1.05. The van der Waals surface area contributed by atoms with E-state index in [9.17, 15) is 5.11 Å². The number of aromatic nitrogens is 2. The molecule has 0 aromatic carbocycles. The lowest BCUT2D eigenvalue weighted by atomic mass is 9.69. The highest BCUT2D eigenvalue weighted by atomic mass is 16.3. The zero-order chi connectivity index (χ0) is 11.8. The van der Waals surface area contributed by atoms with E-state index < -0.39 is 5.60 Å². The van der Waals surface area contributed by atoms with Gasteiger partial charge in [0.05, 0.1) is 11.8 Å². The van der Waals surface area contributed by atoms with Crippen LogP contribution in [0.25, 0.3) is 0 Å². The lowest BCUT2D eigenvalue weighted by Gasteiger charge is -2.40. The number of hydrogen-bond acceptors (Lipinski definition) is 2. The molecule has 1 fully saturated rings. The minimum Gasteiger partial charge on any atom is -0.390 e. The van der Waals surface area contributed by atoms with Gasteiger partial charge in [-0.3, -0.25) is 4.68 Å². The van der Waals surface area contributed by atoms with Gasteiger partial charge in [-0.2, -0.15) is 5.10 Å². The second kappa shape index (κ2) is 3.88. The van der Waals surface area contributed by atoms with Crippen LogP contribution in [-0.4, -0.2) is 20.5 Å². The number of nitrogens with zero attached hydrogens (tertiary/aromatic N) is 2. The smallest absolute Gasteiger partial charge is 0.0689 e. The molecule has 1 aromatic heterocycles. The lowest BCUT2D eigenvalue weighted by molar-refractivity contribution is -0.0251. The Hall–Kier alpha value is -0.830. The van der Waals surface area contributed by atoms with Gasteiger partial charge in [-0.05, 0) is 36.7 Å². The van der Waals surface area contributed by atoms with Gasteiger partial charge in [0.15, 0.2) is 0 Å². The van der Waals surface area contributed by atoms with Crippen molar-refractivity contribution in [3.8, 4) is 0 Å². The number of hydrogen-bond donors (Lipinski definition) is 1. The number of aryl methyl sites for hydroxylation is 1. The van der Waals surface area contributed by atoms with Crippen LogP contribution in [0, 0.1) is 5.41 Å². The van der Waals surface area contributed by atoms with Crippen LogP contribution in [0.5, 0.6) is 0 Å². The van der Waals surface area contributed by atoms with Crippen molar-refractivity contribution in [1.82, 2.24) is 9.78 Å². The highest BCUT2D eigenvalue weighted by molar-refractivity contribution is 5.09. The van der Waals surface area contributed by atoms with E-state index in [-0.39, 0.29) is 0 Å². The summed E-state index contributed by atoms with van der Waals surface area (Å²) in [6.45, 7) is 4.58. The second-order valence-corrected chi connectivity index (χ2v) is 6.09. The molecule has 0 spiro atoms. The van der Waals surface area contributed by atoms with Crippen LogP contribution in [0.1, 0.15) is 45.1 Å². The van der Waals surface area contributed by atoms with Crippen LogP contribution >= 0.6 is 0 Å². The zero-order valence-corrected chi connectivity index (χ0v) is 10.5. The Balaban J connectivity index is 1.99. The molecular weight excluding hydrogens is 200 g/mol. The van der Waals surface area contributed by atoms with Gasteiger partial charge in [-0.1, -0.05) is 13.8 Å². The van der Waals surface area contributed by atoms with Crippen molar-refractivity contribution in [2.45, 2.75) is 51.6 Å². The maximum Gasteiger partial charge on any atom is 0.0689 e. The molecule has 0 aliphatic heterocycles. The Labute approximate surface area is 97.5 Å². The largest absolute Gasteiger partial charge is 0.390 e. The molecule has 90 valence electrons. The first kappa shape index (κ1) is 11.6. The number of rotatable bonds is 2. The van der Waals surface area contributed by atoms with Crippen LogP contribution < -0.4 is 0 Å². The third-order valence-electron chi connectivity index (χ3n) is 3.83. The van der Waals surface area contributed by atoms with Crippen molar-refractivity contribution in [3.05, 3.63) is 18.0 Å². The minimum absolute atomic E-state index is 0.404. The average molecular weight is 222 g/mol. The van der Waals surface area contributed by atoms with Gasteiger partial charge in [0.2, 0.25) is 0 Å². The molecule has 0 amide bonds. The third kappa shape index (κ3) is 2.64. The molecule has 1 saturated carbocycles. The predicted molar refractivity (Wildman–Crippen MR) is 64.1 cm³/mol. The van der Waals surface area contributed by atoms with Crippen LogP contribution in [0.4, 0.5) is 0 Å². The van der Waals surface area contributed by atoms with Gasteiger partial charge >= 0.3 is 0 Å². The highest BCUT2D eigenvalue weighted by Crippen LogP contribution is 2.41. The summed E-state index contributed by atoms with van der Waals surface area (Å²) in [6.07, 6.45) is 8.66. The van der Waals surface area contributed by atoms with E-state index in [1.165, 1.54) is 0 Å². The molecule has 0 radical (unpaired) electrons. The molecule has 2 rings (SSSR count). The summed E-state index contributed by atoms with van der Waals surface area (Å²) in [6, 6.07) is 0. The van der Waals surface area contributed by atoms with Gasteiger partial charge in [-0.25, -0.2) is 0 Å². The Bertz CT molecular complexity index is 358. The topological polar surface area (TPSA) is 38.0 Å². The van der Waals surface area contributed by atoms with Gasteiger partial charge in [0.25, 0.3) is 0 Å². The van der Waals surface area contributed by atoms with Crippen LogP contribution in [0.3, 0.4) is 0 Å². The molecule has 3 nitrogen and oxygen atoms in total. The first-order valence-electron chi connectivity index (χ1n) is 6.09. The molecule has 16 heavy (non-hydrogen) atoms. The van der Waals surface area contributed by atoms with E-state index in [2.05, 4.69) is 18.9 Å². The van der Waals surface area contributed by atoms with Crippen molar-refractivity contribution < 1.29 is 5.11 Å². The molecule has 1 aliphatic carbocycles. The van der Waals surface area contributed by atoms with E-state index in [0.29, 0.717) is 5.41 Å². The Kier molecular flexibility index (Phi) is 2.82. The minimum atomic E-state index is -0.501. The summed E-state index contributed by atoms with van der Waals surface area (Å²) in [5, 5.41) is 14.7. The number of aliphatic hydroxyl groups is 1. The van der Waals surface area contributed by atoms with E-state index in [1.54, 1.807) is 4.68 Å². The Morgan fingerprint density at radius 2 is 1.94 bits per heavy atom. The van der Waals surface area contributed by atoms with Crippen molar-refractivity contribution in [2.75, 3.05) is 0 Å². The lowest BCUT2D eigenvalue weighted by Crippen LogP contribution is -2.38. The predicted octanol–water partition coefficient (Wildman–Crippen LogP) is 2.29. The van der Waals surface area contributed by atoms with Crippen LogP contribution in [0.15, 0.2) is 12.4 Å². The maximum atomic E-state index is 10.5. The van der Waals surface area contributed by atoms with Crippen molar-refractivity contribution in [3.63, 3.8) is 0 Å². The SMILES string of the molecule is Cn1cc(CC2(O)CCC(C)(C)CC2)cn1. The zero-order valence-electron chi connectivity index (χ0n) is 10.5. The molecule has 1 heterocycles. The summed E-state index contributed by atoms with van der Waals surface area (Å²) < 4.78 is 1.80. The molecule has 3 heteroatoms. The molecular formula is C13H22N2O. The summed E-state index contributed by atoms with van der Waals surface area (Å²) >= 11 is 0. The van der Waals surface area contributed by atoms with E-state index >= 15 is 0 Å². The summed E-state index contributed by atoms with van der Waals surface area (Å²) in [4.78, 5) is 0. The Morgan fingerprint density at radius 3 is 2.44 bits per heavy atom. The normalized spacial score (nSPS) is 23.2. The fourth-order valence-corrected chi connectivity index (χ4v) is 2.51. The van der Waals surface area contributed by atoms with Crippen LogP contribution in [-0.2, 0) is 13.5 Å². The fourth-order valence-electron chi connectivity index (χ4n) is 2.51. The van der Waals surface area contributed by atoms with E-state index in [1.807, 2.05) is 19.4 Å². The van der Waals surface area contributed by atoms with Crippen LogP contribution in [0.2, 0.25) is 0 Å². The van der Waals surface area contributed by atoms with Crippen molar-refractivity contribution in [2.24, 2.45) is 12.5 Å². The van der Waals surface area contributed by atoms with E-state index in [4.69, 9.17) is 0 Å². The first-order chi connectivity index (χ1) is 7.39. The molecule has 1 aromatic rings. The third-order valence-corrected chi connectivity index (χ3v) is 3.83. The first-order valence-corrected chi connectivity index (χ1v) is 6.09. The second-order valence-electron chi connectivity index (χ2n) is 6.09. The molecule has 0 bridgehead atoms. The molecule has 0 unspecified atom stereocenters. The highest BCUT2D eigenvalue weighted by Gasteiger charge is 2.36. The summed E-state index contributed by atoms with van der Waals surface area (Å²) in [7, 11) is 1.91. The standard InChI is InChI=1S/C13H22N2O/c1-12(2)4-6-13(16,7-5-12)8-11-9-14-15(3)10-11/h9-10,16H,4-8H2,1-3H3. The van der Waals surface area contributed by atoms with E-state index in [0.717, 1.165) is 37.7 Å². The molecule has 0 atom stereocenters. The fraction of sp³-hybridized carbons (Fsp3) is 0.769. The van der Waals surface area contributed by atoms with Crippen molar-refractivity contribution >= 4 is 0 Å². The van der Waals surface area contributed by atoms with Crippen molar-refractivity contribution in [1.29, 1.82) is 0 Å². The van der Waals surface area contributed by atoms with Gasteiger partial charge in [-0.15, -0.1) is 0 Å². The quantitative estimate of drug-likeness (QED) is 0.833. The molecule has 1 N–H and O–H groups in total. The summed E-state index contributed by atoms with van der Waals surface area (Å²) in [5.74, 6) is 0. The Morgan fingerprint density at radius 1 is 1.31 bits per heavy atom. The van der Waals surface area contributed by atoms with Gasteiger partial charge in [0.1, 0.15) is 0 Å². The maximum absolute atomic E-state index is 10.5. The average Bonchev–Trinajstić information content (AvgIpc) is 2.58. The molecule has 1 aliphatic rings. The molecule has 0 saturated heterocycles. The monoisotopic (exact) mass is 222 g/mol. The van der Waals surface area contributed by atoms with Gasteiger partial charge < -0.3 is 5.11 Å².